The maximum atomic E-state index is 12.3. The molecule has 2 bridgehead atoms. The number of carbonyl (C=O) groups is 1. The molecule has 0 radical (unpaired) electrons. The molecule has 132 valence electrons. The third-order valence-corrected chi connectivity index (χ3v) is 6.66. The molecule has 3 rings (SSSR count). The van der Waals surface area contributed by atoms with Crippen LogP contribution in [0.5, 0.6) is 0 Å². The van der Waals surface area contributed by atoms with Crippen LogP contribution in [-0.4, -0.2) is 43.0 Å². The van der Waals surface area contributed by atoms with E-state index in [0.29, 0.717) is 6.42 Å². The Morgan fingerprint density at radius 1 is 1.21 bits per heavy atom. The summed E-state index contributed by atoms with van der Waals surface area (Å²) in [6.45, 7) is 2.06. The van der Waals surface area contributed by atoms with Gasteiger partial charge in [0.15, 0.2) is 0 Å². The predicted molar refractivity (Wildman–Crippen MR) is 94.2 cm³/mol. The molecule has 1 aromatic carbocycles. The fourth-order valence-electron chi connectivity index (χ4n) is 4.23. The molecule has 1 N–H and O–H groups in total. The van der Waals surface area contributed by atoms with Crippen molar-refractivity contribution in [2.24, 2.45) is 0 Å². The second kappa shape index (κ2) is 6.84. The minimum absolute atomic E-state index is 0.0559. The normalized spacial score (nSPS) is 27.2. The fraction of sp³-hybridized carbons (Fsp3) is 0.611. The van der Waals surface area contributed by atoms with Gasteiger partial charge in [-0.15, -0.1) is 0 Å². The van der Waals surface area contributed by atoms with E-state index in [-0.39, 0.29) is 24.0 Å². The van der Waals surface area contributed by atoms with Gasteiger partial charge in [-0.2, -0.15) is 4.31 Å². The first-order valence-corrected chi connectivity index (χ1v) is 10.5. The van der Waals surface area contributed by atoms with Gasteiger partial charge >= 0.3 is 0 Å². The number of fused-ring (bicyclic) bond motifs is 2. The molecule has 1 amide bonds. The summed E-state index contributed by atoms with van der Waals surface area (Å²) in [6, 6.07) is 8.34. The largest absolute Gasteiger partial charge is 0.353 e. The highest BCUT2D eigenvalue weighted by Gasteiger charge is 2.45. The van der Waals surface area contributed by atoms with Gasteiger partial charge in [0, 0.05) is 24.5 Å². The van der Waals surface area contributed by atoms with E-state index in [1.807, 2.05) is 12.1 Å². The Morgan fingerprint density at radius 2 is 1.83 bits per heavy atom. The van der Waals surface area contributed by atoms with Gasteiger partial charge in [-0.25, -0.2) is 8.42 Å². The summed E-state index contributed by atoms with van der Waals surface area (Å²) in [7, 11) is -3.14. The van der Waals surface area contributed by atoms with Gasteiger partial charge in [0.1, 0.15) is 0 Å². The van der Waals surface area contributed by atoms with Crippen molar-refractivity contribution in [3.05, 3.63) is 35.4 Å². The van der Waals surface area contributed by atoms with E-state index < -0.39 is 10.0 Å². The van der Waals surface area contributed by atoms with Crippen molar-refractivity contribution in [3.63, 3.8) is 0 Å². The van der Waals surface area contributed by atoms with Crippen molar-refractivity contribution in [2.45, 2.75) is 63.6 Å². The number of sulfonamides is 1. The molecule has 2 atom stereocenters. The van der Waals surface area contributed by atoms with Crippen molar-refractivity contribution < 1.29 is 13.2 Å². The second-order valence-electron chi connectivity index (χ2n) is 7.14. The number of benzene rings is 1. The molecule has 2 unspecified atom stereocenters. The Bertz CT molecular complexity index is 703. The van der Waals surface area contributed by atoms with E-state index in [9.17, 15) is 13.2 Å². The first-order chi connectivity index (χ1) is 11.3. The smallest absolute Gasteiger partial charge is 0.220 e. The quantitative estimate of drug-likeness (QED) is 0.883. The van der Waals surface area contributed by atoms with Crippen LogP contribution in [0.15, 0.2) is 24.3 Å². The fourth-order valence-corrected chi connectivity index (χ4v) is 5.70. The lowest BCUT2D eigenvalue weighted by molar-refractivity contribution is -0.122. The minimum atomic E-state index is -3.14. The maximum Gasteiger partial charge on any atom is 0.220 e. The van der Waals surface area contributed by atoms with Crippen LogP contribution >= 0.6 is 0 Å². The molecule has 5 nitrogen and oxygen atoms in total. The number of rotatable bonds is 5. The number of amides is 1. The molecule has 6 heteroatoms. The van der Waals surface area contributed by atoms with Crippen LogP contribution in [0.3, 0.4) is 0 Å². The van der Waals surface area contributed by atoms with Crippen LogP contribution in [0.1, 0.15) is 43.2 Å². The molecule has 0 saturated carbocycles. The summed E-state index contributed by atoms with van der Waals surface area (Å²) in [6.07, 6.45) is 5.80. The molecule has 2 saturated heterocycles. The van der Waals surface area contributed by atoms with Crippen LogP contribution in [0.25, 0.3) is 0 Å². The van der Waals surface area contributed by atoms with Crippen molar-refractivity contribution in [3.8, 4) is 0 Å². The summed E-state index contributed by atoms with van der Waals surface area (Å²) >= 11 is 0. The molecule has 0 aromatic heterocycles. The molecule has 2 aliphatic heterocycles. The van der Waals surface area contributed by atoms with Crippen molar-refractivity contribution in [1.29, 1.82) is 0 Å². The van der Waals surface area contributed by atoms with Crippen LogP contribution in [-0.2, 0) is 21.2 Å². The van der Waals surface area contributed by atoms with Crippen LogP contribution in [0, 0.1) is 6.92 Å². The van der Waals surface area contributed by atoms with E-state index in [0.717, 1.165) is 32.1 Å². The molecule has 2 fully saturated rings. The van der Waals surface area contributed by atoms with E-state index in [2.05, 4.69) is 24.4 Å². The summed E-state index contributed by atoms with van der Waals surface area (Å²) in [5.41, 5.74) is 2.42. The number of carbonyl (C=O) groups excluding carboxylic acids is 1. The Balaban J connectivity index is 1.53. The number of nitrogens with one attached hydrogen (secondary N) is 1. The van der Waals surface area contributed by atoms with Crippen LogP contribution in [0.2, 0.25) is 0 Å². The Labute approximate surface area is 144 Å². The number of aryl methyl sites for hydroxylation is 2. The zero-order valence-corrected chi connectivity index (χ0v) is 15.2. The zero-order valence-electron chi connectivity index (χ0n) is 14.4. The number of piperidine rings is 1. The monoisotopic (exact) mass is 350 g/mol. The molecular formula is C18H26N2O3S. The zero-order chi connectivity index (χ0) is 17.3. The molecule has 0 aliphatic carbocycles. The first kappa shape index (κ1) is 17.4. The molecule has 2 aliphatic rings. The summed E-state index contributed by atoms with van der Waals surface area (Å²) < 4.78 is 25.5. The third-order valence-electron chi connectivity index (χ3n) is 5.30. The molecule has 0 spiro atoms. The topological polar surface area (TPSA) is 66.5 Å². The first-order valence-electron chi connectivity index (χ1n) is 8.67. The predicted octanol–water partition coefficient (Wildman–Crippen LogP) is 2.00. The number of hydrogen-bond acceptors (Lipinski definition) is 3. The van der Waals surface area contributed by atoms with Gasteiger partial charge in [0.25, 0.3) is 0 Å². The molecule has 24 heavy (non-hydrogen) atoms. The second-order valence-corrected chi connectivity index (χ2v) is 9.03. The molecular weight excluding hydrogens is 324 g/mol. The van der Waals surface area contributed by atoms with Gasteiger partial charge in [-0.1, -0.05) is 24.3 Å². The van der Waals surface area contributed by atoms with Gasteiger partial charge in [-0.3, -0.25) is 4.79 Å². The average Bonchev–Trinajstić information content (AvgIpc) is 2.79. The highest BCUT2D eigenvalue weighted by atomic mass is 32.2. The Hall–Kier alpha value is -1.40. The van der Waals surface area contributed by atoms with Crippen LogP contribution < -0.4 is 5.32 Å². The standard InChI is InChI=1S/C18H26N2O3S/c1-13-5-3-4-6-14(13)7-10-18(21)19-15-11-16-8-9-17(12-15)20(16)24(2,22)23/h3-6,15-17H,7-12H2,1-2H3,(H,19,21). The number of nitrogens with zero attached hydrogens (tertiary/aromatic N) is 1. The van der Waals surface area contributed by atoms with Gasteiger partial charge in [0.2, 0.25) is 15.9 Å². The van der Waals surface area contributed by atoms with E-state index in [1.54, 1.807) is 4.31 Å². The Kier molecular flexibility index (Phi) is 4.97. The van der Waals surface area contributed by atoms with Crippen molar-refractivity contribution in [2.75, 3.05) is 6.26 Å². The lowest BCUT2D eigenvalue weighted by Gasteiger charge is -2.37. The number of hydrogen-bond donors (Lipinski definition) is 1. The Morgan fingerprint density at radius 3 is 2.42 bits per heavy atom. The molecule has 2 heterocycles. The minimum Gasteiger partial charge on any atom is -0.353 e. The average molecular weight is 350 g/mol. The van der Waals surface area contributed by atoms with Gasteiger partial charge in [-0.05, 0) is 50.2 Å². The highest BCUT2D eigenvalue weighted by Crippen LogP contribution is 2.37. The lowest BCUT2D eigenvalue weighted by atomic mass is 9.99. The van der Waals surface area contributed by atoms with Gasteiger partial charge < -0.3 is 5.32 Å². The van der Waals surface area contributed by atoms with E-state index >= 15 is 0 Å². The van der Waals surface area contributed by atoms with E-state index in [1.165, 1.54) is 17.4 Å². The van der Waals surface area contributed by atoms with Crippen LogP contribution in [0.4, 0.5) is 0 Å². The highest BCUT2D eigenvalue weighted by molar-refractivity contribution is 7.88. The summed E-state index contributed by atoms with van der Waals surface area (Å²) in [5, 5.41) is 3.12. The lowest BCUT2D eigenvalue weighted by Crippen LogP contribution is -2.52. The third kappa shape index (κ3) is 3.81. The van der Waals surface area contributed by atoms with E-state index in [4.69, 9.17) is 0 Å². The maximum absolute atomic E-state index is 12.3. The van der Waals surface area contributed by atoms with Crippen molar-refractivity contribution in [1.82, 2.24) is 9.62 Å². The summed E-state index contributed by atoms with van der Waals surface area (Å²) in [5.74, 6) is 0.0652. The summed E-state index contributed by atoms with van der Waals surface area (Å²) in [4.78, 5) is 12.3. The SMILES string of the molecule is Cc1ccccc1CCC(=O)NC1CC2CCC(C1)N2S(C)(=O)=O. The molecule has 1 aromatic rings. The van der Waals surface area contributed by atoms with Crippen molar-refractivity contribution >= 4 is 15.9 Å². The van der Waals surface area contributed by atoms with Gasteiger partial charge in [0.05, 0.1) is 6.26 Å².